The summed E-state index contributed by atoms with van der Waals surface area (Å²) in [7, 11) is 0. The Morgan fingerprint density at radius 2 is 2.24 bits per heavy atom. The summed E-state index contributed by atoms with van der Waals surface area (Å²) < 4.78 is 7.35. The van der Waals surface area contributed by atoms with Crippen LogP contribution in [0.2, 0.25) is 0 Å². The molecule has 1 aliphatic rings. The maximum absolute atomic E-state index is 12.0. The van der Waals surface area contributed by atoms with E-state index in [9.17, 15) is 4.79 Å². The van der Waals surface area contributed by atoms with Crippen molar-refractivity contribution in [1.29, 1.82) is 0 Å². The molecule has 1 saturated heterocycles. The van der Waals surface area contributed by atoms with Crippen LogP contribution in [-0.2, 0) is 17.8 Å². The van der Waals surface area contributed by atoms with Gasteiger partial charge >= 0.3 is 0 Å². The molecule has 0 bridgehead atoms. The maximum Gasteiger partial charge on any atom is 0.237 e. The number of carbonyl (C=O) groups excluding carboxylic acids is 1. The molecule has 2 aromatic heterocycles. The smallest absolute Gasteiger partial charge is 0.237 e. The topological polar surface area (TPSA) is 97.9 Å². The molecule has 3 heterocycles. The van der Waals surface area contributed by atoms with E-state index < -0.39 is 0 Å². The van der Waals surface area contributed by atoms with E-state index in [1.54, 1.807) is 0 Å². The fourth-order valence-corrected chi connectivity index (χ4v) is 3.61. The van der Waals surface area contributed by atoms with Crippen LogP contribution in [0.4, 0.5) is 0 Å². The summed E-state index contributed by atoms with van der Waals surface area (Å²) >= 11 is 0. The van der Waals surface area contributed by atoms with E-state index in [-0.39, 0.29) is 11.9 Å². The van der Waals surface area contributed by atoms with Crippen LogP contribution in [0.5, 0.6) is 0 Å². The van der Waals surface area contributed by atoms with Crippen molar-refractivity contribution in [2.75, 3.05) is 13.1 Å². The number of carbonyl (C=O) groups is 1. The van der Waals surface area contributed by atoms with Crippen molar-refractivity contribution >= 4 is 5.91 Å². The Labute approximate surface area is 169 Å². The maximum atomic E-state index is 12.0. The number of aryl methyl sites for hydroxylation is 2. The summed E-state index contributed by atoms with van der Waals surface area (Å²) in [5, 5.41) is 14.7. The molecule has 29 heavy (non-hydrogen) atoms. The van der Waals surface area contributed by atoms with Crippen molar-refractivity contribution in [3.05, 3.63) is 53.2 Å². The third-order valence-electron chi connectivity index (χ3n) is 5.10. The van der Waals surface area contributed by atoms with Crippen LogP contribution in [-0.4, -0.2) is 45.0 Å². The molecule has 3 aromatic rings. The van der Waals surface area contributed by atoms with Crippen LogP contribution >= 0.6 is 0 Å². The Bertz CT molecular complexity index is 987. The van der Waals surface area contributed by atoms with Gasteiger partial charge in [-0.3, -0.25) is 9.48 Å². The van der Waals surface area contributed by atoms with Gasteiger partial charge in [-0.05, 0) is 50.9 Å². The fourth-order valence-electron chi connectivity index (χ4n) is 3.61. The van der Waals surface area contributed by atoms with Gasteiger partial charge in [0, 0.05) is 24.2 Å². The molecule has 152 valence electrons. The molecular weight excluding hydrogens is 368 g/mol. The first-order valence-electron chi connectivity index (χ1n) is 10.0. The average molecular weight is 394 g/mol. The molecule has 8 nitrogen and oxygen atoms in total. The van der Waals surface area contributed by atoms with E-state index in [2.05, 4.69) is 51.0 Å². The molecule has 2 N–H and O–H groups in total. The molecule has 1 unspecified atom stereocenters. The lowest BCUT2D eigenvalue weighted by Gasteiger charge is -2.09. The van der Waals surface area contributed by atoms with Crippen LogP contribution in [0.3, 0.4) is 0 Å². The zero-order chi connectivity index (χ0) is 20.2. The average Bonchev–Trinajstić information content (AvgIpc) is 3.44. The standard InChI is InChI=1S/C21H26N6O2/c1-14-11-15(2)27(25-14)13-16-5-3-6-17(12-16)20-24-19(29-26-20)8-10-23-21(28)18-7-4-9-22-18/h3,5-6,11-12,18,22H,4,7-10,13H2,1-2H3,(H,23,28). The molecule has 1 aliphatic heterocycles. The van der Waals surface area contributed by atoms with Gasteiger partial charge in [0.1, 0.15) is 0 Å². The number of amides is 1. The second kappa shape index (κ2) is 8.57. The quantitative estimate of drug-likeness (QED) is 0.636. The second-order valence-electron chi connectivity index (χ2n) is 7.49. The third kappa shape index (κ3) is 4.71. The van der Waals surface area contributed by atoms with Crippen molar-refractivity contribution < 1.29 is 9.32 Å². The number of nitrogens with zero attached hydrogens (tertiary/aromatic N) is 4. The third-order valence-corrected chi connectivity index (χ3v) is 5.10. The van der Waals surface area contributed by atoms with Crippen molar-refractivity contribution in [2.24, 2.45) is 0 Å². The minimum absolute atomic E-state index is 0.0408. The van der Waals surface area contributed by atoms with Crippen molar-refractivity contribution in [3.8, 4) is 11.4 Å². The summed E-state index contributed by atoms with van der Waals surface area (Å²) in [6.07, 6.45) is 2.45. The molecule has 1 aromatic carbocycles. The highest BCUT2D eigenvalue weighted by molar-refractivity contribution is 5.81. The number of hydrogen-bond acceptors (Lipinski definition) is 6. The Hall–Kier alpha value is -3.00. The predicted octanol–water partition coefficient (Wildman–Crippen LogP) is 2.01. The Balaban J connectivity index is 1.36. The molecule has 1 amide bonds. The van der Waals surface area contributed by atoms with Gasteiger partial charge in [0.05, 0.1) is 18.3 Å². The molecule has 1 fully saturated rings. The van der Waals surface area contributed by atoms with E-state index in [1.165, 1.54) is 0 Å². The zero-order valence-electron chi connectivity index (χ0n) is 16.8. The van der Waals surface area contributed by atoms with Crippen LogP contribution in [0, 0.1) is 13.8 Å². The van der Waals surface area contributed by atoms with Gasteiger partial charge in [0.2, 0.25) is 17.6 Å². The summed E-state index contributed by atoms with van der Waals surface area (Å²) in [6.45, 7) is 6.13. The van der Waals surface area contributed by atoms with Gasteiger partial charge in [-0.1, -0.05) is 23.4 Å². The van der Waals surface area contributed by atoms with Gasteiger partial charge in [-0.2, -0.15) is 10.1 Å². The lowest BCUT2D eigenvalue weighted by molar-refractivity contribution is -0.122. The van der Waals surface area contributed by atoms with E-state index in [0.717, 1.165) is 41.9 Å². The molecule has 0 aliphatic carbocycles. The second-order valence-corrected chi connectivity index (χ2v) is 7.49. The predicted molar refractivity (Wildman–Crippen MR) is 108 cm³/mol. The molecule has 4 rings (SSSR count). The van der Waals surface area contributed by atoms with Crippen LogP contribution in [0.25, 0.3) is 11.4 Å². The molecular formula is C21H26N6O2. The van der Waals surface area contributed by atoms with E-state index in [4.69, 9.17) is 4.52 Å². The Morgan fingerprint density at radius 3 is 3.00 bits per heavy atom. The molecule has 0 radical (unpaired) electrons. The highest BCUT2D eigenvalue weighted by atomic mass is 16.5. The minimum Gasteiger partial charge on any atom is -0.354 e. The van der Waals surface area contributed by atoms with Crippen LogP contribution in [0.1, 0.15) is 35.7 Å². The van der Waals surface area contributed by atoms with E-state index >= 15 is 0 Å². The van der Waals surface area contributed by atoms with E-state index in [1.807, 2.05) is 23.7 Å². The first kappa shape index (κ1) is 19.3. The first-order valence-corrected chi connectivity index (χ1v) is 10.0. The monoisotopic (exact) mass is 394 g/mol. The number of hydrogen-bond donors (Lipinski definition) is 2. The van der Waals surface area contributed by atoms with Crippen molar-refractivity contribution in [1.82, 2.24) is 30.6 Å². The summed E-state index contributed by atoms with van der Waals surface area (Å²) in [4.78, 5) is 16.5. The van der Waals surface area contributed by atoms with Crippen molar-refractivity contribution in [3.63, 3.8) is 0 Å². The molecule has 0 spiro atoms. The molecule has 8 heteroatoms. The minimum atomic E-state index is -0.0711. The SMILES string of the molecule is Cc1cc(C)n(Cc2cccc(-c3noc(CCNC(=O)C4CCCN4)n3)c2)n1. The first-order chi connectivity index (χ1) is 14.1. The molecule has 1 atom stereocenters. The zero-order valence-corrected chi connectivity index (χ0v) is 16.8. The number of aromatic nitrogens is 4. The Morgan fingerprint density at radius 1 is 1.34 bits per heavy atom. The summed E-state index contributed by atoms with van der Waals surface area (Å²) in [5.74, 6) is 1.11. The lowest BCUT2D eigenvalue weighted by atomic mass is 10.1. The highest BCUT2D eigenvalue weighted by Crippen LogP contribution is 2.18. The largest absolute Gasteiger partial charge is 0.354 e. The van der Waals surface area contributed by atoms with Gasteiger partial charge in [0.15, 0.2) is 0 Å². The lowest BCUT2D eigenvalue weighted by Crippen LogP contribution is -2.41. The van der Waals surface area contributed by atoms with Crippen LogP contribution < -0.4 is 10.6 Å². The van der Waals surface area contributed by atoms with E-state index in [0.29, 0.717) is 31.2 Å². The number of nitrogens with one attached hydrogen (secondary N) is 2. The van der Waals surface area contributed by atoms with Crippen molar-refractivity contribution in [2.45, 2.75) is 45.7 Å². The Kier molecular flexibility index (Phi) is 5.71. The summed E-state index contributed by atoms with van der Waals surface area (Å²) in [6, 6.07) is 10.1. The fraction of sp³-hybridized carbons (Fsp3) is 0.429. The van der Waals surface area contributed by atoms with Gasteiger partial charge < -0.3 is 15.2 Å². The number of rotatable bonds is 7. The highest BCUT2D eigenvalue weighted by Gasteiger charge is 2.21. The van der Waals surface area contributed by atoms with Gasteiger partial charge in [0.25, 0.3) is 0 Å². The van der Waals surface area contributed by atoms with Gasteiger partial charge in [-0.15, -0.1) is 0 Å². The molecule has 0 saturated carbocycles. The van der Waals surface area contributed by atoms with Gasteiger partial charge in [-0.25, -0.2) is 0 Å². The van der Waals surface area contributed by atoms with Crippen LogP contribution in [0.15, 0.2) is 34.9 Å². The number of benzene rings is 1. The summed E-state index contributed by atoms with van der Waals surface area (Å²) in [5.41, 5.74) is 4.16. The normalized spacial score (nSPS) is 16.3.